The molecule has 0 unspecified atom stereocenters. The molecular weight excluding hydrogens is 174 g/mol. The third kappa shape index (κ3) is 1.27. The summed E-state index contributed by atoms with van der Waals surface area (Å²) in [5.41, 5.74) is 2.88. The van der Waals surface area contributed by atoms with Crippen molar-refractivity contribution >= 4 is 5.91 Å². The number of carbonyl (C=O) groups is 1. The Morgan fingerprint density at radius 2 is 2.21 bits per heavy atom. The van der Waals surface area contributed by atoms with E-state index in [4.69, 9.17) is 0 Å². The molecule has 1 heterocycles. The van der Waals surface area contributed by atoms with Gasteiger partial charge in [-0.3, -0.25) is 4.79 Å². The van der Waals surface area contributed by atoms with Crippen LogP contribution in [0.1, 0.15) is 28.4 Å². The summed E-state index contributed by atoms with van der Waals surface area (Å²) >= 11 is 0. The number of benzene rings is 1. The third-order valence-electron chi connectivity index (χ3n) is 2.36. The number of rotatable bonds is 0. The lowest BCUT2D eigenvalue weighted by Crippen LogP contribution is -2.17. The van der Waals surface area contributed by atoms with E-state index < -0.39 is 0 Å². The van der Waals surface area contributed by atoms with Crippen LogP contribution in [0.4, 0.5) is 0 Å². The first-order valence-corrected chi connectivity index (χ1v) is 4.53. The molecular formula is C12H11NO. The predicted molar refractivity (Wildman–Crippen MR) is 54.8 cm³/mol. The standard InChI is InChI=1S/C12H11NO/c1-3-4-9-5-6-11-10(7-9)8-13(2)12(11)14/h5-7H,8H2,1-2H3. The summed E-state index contributed by atoms with van der Waals surface area (Å²) in [4.78, 5) is 13.3. The van der Waals surface area contributed by atoms with E-state index in [2.05, 4.69) is 11.8 Å². The molecule has 0 aliphatic carbocycles. The van der Waals surface area contributed by atoms with E-state index in [0.29, 0.717) is 6.54 Å². The average Bonchev–Trinajstić information content (AvgIpc) is 2.43. The van der Waals surface area contributed by atoms with Crippen LogP contribution < -0.4 is 0 Å². The molecule has 1 aromatic rings. The normalized spacial score (nSPS) is 13.6. The molecule has 0 aromatic heterocycles. The maximum Gasteiger partial charge on any atom is 0.254 e. The Hall–Kier alpha value is -1.75. The summed E-state index contributed by atoms with van der Waals surface area (Å²) in [5, 5.41) is 0. The molecule has 1 aliphatic heterocycles. The van der Waals surface area contributed by atoms with Crippen molar-refractivity contribution in [2.24, 2.45) is 0 Å². The van der Waals surface area contributed by atoms with E-state index in [1.807, 2.05) is 32.2 Å². The maximum atomic E-state index is 11.6. The van der Waals surface area contributed by atoms with Crippen molar-refractivity contribution in [1.29, 1.82) is 0 Å². The third-order valence-corrected chi connectivity index (χ3v) is 2.36. The monoisotopic (exact) mass is 185 g/mol. The highest BCUT2D eigenvalue weighted by molar-refractivity contribution is 5.98. The zero-order valence-electron chi connectivity index (χ0n) is 8.29. The van der Waals surface area contributed by atoms with E-state index in [9.17, 15) is 4.79 Å². The van der Waals surface area contributed by atoms with Crippen LogP contribution in [-0.4, -0.2) is 17.9 Å². The Kier molecular flexibility index (Phi) is 2.01. The summed E-state index contributed by atoms with van der Waals surface area (Å²) in [6.07, 6.45) is 0. The first-order valence-electron chi connectivity index (χ1n) is 4.53. The number of hydrogen-bond acceptors (Lipinski definition) is 1. The summed E-state index contributed by atoms with van der Waals surface area (Å²) in [7, 11) is 1.81. The van der Waals surface area contributed by atoms with Crippen LogP contribution in [0.5, 0.6) is 0 Å². The van der Waals surface area contributed by atoms with E-state index in [1.165, 1.54) is 0 Å². The van der Waals surface area contributed by atoms with E-state index in [1.54, 1.807) is 4.90 Å². The molecule has 14 heavy (non-hydrogen) atoms. The molecule has 2 heteroatoms. The van der Waals surface area contributed by atoms with Crippen molar-refractivity contribution in [2.45, 2.75) is 13.5 Å². The molecule has 1 aromatic carbocycles. The molecule has 0 radical (unpaired) electrons. The minimum Gasteiger partial charge on any atom is -0.337 e. The van der Waals surface area contributed by atoms with Gasteiger partial charge in [-0.1, -0.05) is 5.92 Å². The van der Waals surface area contributed by atoms with E-state index >= 15 is 0 Å². The van der Waals surface area contributed by atoms with Gasteiger partial charge in [0.2, 0.25) is 0 Å². The fraction of sp³-hybridized carbons (Fsp3) is 0.250. The molecule has 0 bridgehead atoms. The van der Waals surface area contributed by atoms with E-state index in [-0.39, 0.29) is 5.91 Å². The number of fused-ring (bicyclic) bond motifs is 1. The van der Waals surface area contributed by atoms with Gasteiger partial charge in [0, 0.05) is 24.7 Å². The van der Waals surface area contributed by atoms with Gasteiger partial charge in [0.1, 0.15) is 0 Å². The second kappa shape index (κ2) is 3.19. The largest absolute Gasteiger partial charge is 0.337 e. The number of carbonyl (C=O) groups excluding carboxylic acids is 1. The van der Waals surface area contributed by atoms with Crippen LogP contribution in [0.15, 0.2) is 18.2 Å². The highest BCUT2D eigenvalue weighted by atomic mass is 16.2. The summed E-state index contributed by atoms with van der Waals surface area (Å²) in [6, 6.07) is 5.75. The van der Waals surface area contributed by atoms with Crippen molar-refractivity contribution in [1.82, 2.24) is 4.90 Å². The van der Waals surface area contributed by atoms with Gasteiger partial charge in [-0.05, 0) is 30.7 Å². The van der Waals surface area contributed by atoms with Crippen molar-refractivity contribution in [3.05, 3.63) is 34.9 Å². The quantitative estimate of drug-likeness (QED) is 0.563. The lowest BCUT2D eigenvalue weighted by atomic mass is 10.1. The highest BCUT2D eigenvalue weighted by Crippen LogP contribution is 2.21. The molecule has 0 N–H and O–H groups in total. The van der Waals surface area contributed by atoms with Gasteiger partial charge in [0.15, 0.2) is 0 Å². The first kappa shape index (κ1) is 8.83. The molecule has 70 valence electrons. The van der Waals surface area contributed by atoms with Crippen LogP contribution in [0, 0.1) is 11.8 Å². The zero-order valence-corrected chi connectivity index (χ0v) is 8.29. The predicted octanol–water partition coefficient (Wildman–Crippen LogP) is 1.64. The summed E-state index contributed by atoms with van der Waals surface area (Å²) in [6.45, 7) is 2.51. The minimum absolute atomic E-state index is 0.107. The van der Waals surface area contributed by atoms with Crippen LogP contribution in [-0.2, 0) is 6.54 Å². The Morgan fingerprint density at radius 1 is 1.43 bits per heavy atom. The second-order valence-corrected chi connectivity index (χ2v) is 3.41. The molecule has 2 rings (SSSR count). The SMILES string of the molecule is CC#Cc1ccc2c(c1)CN(C)C2=O. The van der Waals surface area contributed by atoms with Gasteiger partial charge >= 0.3 is 0 Å². The van der Waals surface area contributed by atoms with E-state index in [0.717, 1.165) is 16.7 Å². The number of nitrogens with zero attached hydrogens (tertiary/aromatic N) is 1. The highest BCUT2D eigenvalue weighted by Gasteiger charge is 2.23. The summed E-state index contributed by atoms with van der Waals surface area (Å²) in [5.74, 6) is 5.94. The molecule has 0 fully saturated rings. The Labute approximate surface area is 83.5 Å². The fourth-order valence-corrected chi connectivity index (χ4v) is 1.69. The average molecular weight is 185 g/mol. The van der Waals surface area contributed by atoms with Crippen molar-refractivity contribution < 1.29 is 4.79 Å². The van der Waals surface area contributed by atoms with Crippen molar-refractivity contribution in [3.63, 3.8) is 0 Å². The number of amides is 1. The lowest BCUT2D eigenvalue weighted by Gasteiger charge is -2.04. The molecule has 2 nitrogen and oxygen atoms in total. The fourth-order valence-electron chi connectivity index (χ4n) is 1.69. The minimum atomic E-state index is 0.107. The first-order chi connectivity index (χ1) is 6.72. The zero-order chi connectivity index (χ0) is 10.1. The molecule has 0 saturated carbocycles. The Balaban J connectivity index is 2.47. The van der Waals surface area contributed by atoms with Gasteiger partial charge in [0.25, 0.3) is 5.91 Å². The van der Waals surface area contributed by atoms with Gasteiger partial charge in [-0.15, -0.1) is 5.92 Å². The van der Waals surface area contributed by atoms with Crippen LogP contribution in [0.3, 0.4) is 0 Å². The lowest BCUT2D eigenvalue weighted by molar-refractivity contribution is 0.0816. The summed E-state index contributed by atoms with van der Waals surface area (Å²) < 4.78 is 0. The molecule has 0 saturated heterocycles. The maximum absolute atomic E-state index is 11.6. The number of hydrogen-bond donors (Lipinski definition) is 0. The van der Waals surface area contributed by atoms with Gasteiger partial charge in [0.05, 0.1) is 0 Å². The molecule has 0 spiro atoms. The Morgan fingerprint density at radius 3 is 2.93 bits per heavy atom. The topological polar surface area (TPSA) is 20.3 Å². The van der Waals surface area contributed by atoms with Gasteiger partial charge in [-0.2, -0.15) is 0 Å². The van der Waals surface area contributed by atoms with Crippen LogP contribution in [0.2, 0.25) is 0 Å². The smallest absolute Gasteiger partial charge is 0.254 e. The van der Waals surface area contributed by atoms with Crippen LogP contribution >= 0.6 is 0 Å². The van der Waals surface area contributed by atoms with Crippen molar-refractivity contribution in [3.8, 4) is 11.8 Å². The second-order valence-electron chi connectivity index (χ2n) is 3.41. The van der Waals surface area contributed by atoms with Crippen LogP contribution in [0.25, 0.3) is 0 Å². The Bertz CT molecular complexity index is 451. The van der Waals surface area contributed by atoms with Gasteiger partial charge in [-0.25, -0.2) is 0 Å². The molecule has 0 atom stereocenters. The van der Waals surface area contributed by atoms with Crippen molar-refractivity contribution in [2.75, 3.05) is 7.05 Å². The molecule has 1 aliphatic rings. The van der Waals surface area contributed by atoms with Gasteiger partial charge < -0.3 is 4.90 Å². The molecule has 1 amide bonds.